The van der Waals surface area contributed by atoms with E-state index >= 15 is 0 Å². The van der Waals surface area contributed by atoms with E-state index in [1.165, 1.54) is 0 Å². The molecule has 3 rings (SSSR count). The van der Waals surface area contributed by atoms with E-state index < -0.39 is 53.4 Å². The van der Waals surface area contributed by atoms with E-state index in [1.807, 2.05) is 0 Å². The second-order valence-corrected chi connectivity index (χ2v) is 7.98. The molecule has 186 valence electrons. The number of carbonyl (C=O) groups is 6. The van der Waals surface area contributed by atoms with Gasteiger partial charge in [-0.05, 0) is 38.5 Å². The van der Waals surface area contributed by atoms with Crippen molar-refractivity contribution in [2.45, 2.75) is 57.8 Å². The van der Waals surface area contributed by atoms with Crippen molar-refractivity contribution >= 4 is 53.0 Å². The molecular weight excluding hydrogens is 465 g/mol. The number of hydrogen-bond acceptors (Lipinski definition) is 9. The molecule has 12 nitrogen and oxygen atoms in total. The molecule has 3 aliphatic rings. The first-order chi connectivity index (χ1) is 15.6. The number of carboxylic acids is 3. The van der Waals surface area contributed by atoms with E-state index in [0.717, 1.165) is 38.5 Å². The molecule has 0 aromatic carbocycles. The summed E-state index contributed by atoms with van der Waals surface area (Å²) in [5, 5.41) is 38.6. The van der Waals surface area contributed by atoms with Gasteiger partial charge in [-0.2, -0.15) is 0 Å². The van der Waals surface area contributed by atoms with Crippen molar-refractivity contribution < 1.29 is 44.1 Å². The quantitative estimate of drug-likeness (QED) is 0.255. The second kappa shape index (κ2) is 16.9. The van der Waals surface area contributed by atoms with Gasteiger partial charge in [0.25, 0.3) is 0 Å². The topological polar surface area (TPSA) is 208 Å². The van der Waals surface area contributed by atoms with Crippen LogP contribution < -0.4 is 31.3 Å². The Morgan fingerprint density at radius 1 is 0.529 bits per heavy atom. The molecule has 0 aromatic heterocycles. The van der Waals surface area contributed by atoms with Crippen LogP contribution in [-0.4, -0.2) is 72.6 Å². The monoisotopic (exact) mass is 495 g/mol. The van der Waals surface area contributed by atoms with Crippen LogP contribution in [-0.2, 0) is 28.8 Å². The summed E-state index contributed by atoms with van der Waals surface area (Å²) < 4.78 is 0. The van der Waals surface area contributed by atoms with Crippen molar-refractivity contribution in [3.63, 3.8) is 0 Å². The molecule has 3 unspecified atom stereocenters. The molecule has 3 N–H and O–H groups in total. The molecule has 0 saturated carbocycles. The third kappa shape index (κ3) is 11.5. The first-order valence-electron chi connectivity index (χ1n) is 11.1. The first-order valence-corrected chi connectivity index (χ1v) is 11.1. The van der Waals surface area contributed by atoms with Crippen LogP contribution in [0.3, 0.4) is 0 Å². The number of carbonyl (C=O) groups excluding carboxylic acids is 6. The molecule has 3 aliphatic heterocycles. The fourth-order valence-electron chi connectivity index (χ4n) is 3.49. The van der Waals surface area contributed by atoms with Crippen LogP contribution in [0.25, 0.3) is 0 Å². The fourth-order valence-corrected chi connectivity index (χ4v) is 3.49. The van der Waals surface area contributed by atoms with Gasteiger partial charge in [0, 0.05) is 19.6 Å². The Hall–Kier alpha value is -2.65. The van der Waals surface area contributed by atoms with Gasteiger partial charge in [0.15, 0.2) is 0 Å². The van der Waals surface area contributed by atoms with Gasteiger partial charge in [0.1, 0.15) is 0 Å². The van der Waals surface area contributed by atoms with Crippen molar-refractivity contribution in [3.8, 4) is 0 Å². The molecule has 3 fully saturated rings. The number of amides is 3. The van der Waals surface area contributed by atoms with Crippen LogP contribution in [0.1, 0.15) is 57.8 Å². The molecule has 3 atom stereocenters. The number of hydrogen-bond donors (Lipinski definition) is 3. The molecular formula is C21H30AlN3O9. The van der Waals surface area contributed by atoms with E-state index in [1.54, 1.807) is 0 Å². The number of aliphatic carboxylic acids is 3. The molecule has 0 radical (unpaired) electrons. The van der Waals surface area contributed by atoms with E-state index in [0.29, 0.717) is 38.9 Å². The zero-order valence-electron chi connectivity index (χ0n) is 19.0. The summed E-state index contributed by atoms with van der Waals surface area (Å²) >= 11 is 0. The number of nitrogens with one attached hydrogen (secondary N) is 3. The summed E-state index contributed by atoms with van der Waals surface area (Å²) in [5.74, 6) is -7.78. The van der Waals surface area contributed by atoms with Crippen molar-refractivity contribution in [1.82, 2.24) is 16.0 Å². The zero-order valence-corrected chi connectivity index (χ0v) is 20.1. The molecule has 3 amide bonds. The largest absolute Gasteiger partial charge is 3.00 e. The zero-order chi connectivity index (χ0) is 24.8. The molecule has 0 aromatic rings. The van der Waals surface area contributed by atoms with Gasteiger partial charge in [-0.1, -0.05) is 19.3 Å². The summed E-state index contributed by atoms with van der Waals surface area (Å²) in [6.07, 6.45) is 6.13. The van der Waals surface area contributed by atoms with Crippen LogP contribution >= 0.6 is 0 Å². The minimum absolute atomic E-state index is 0. The van der Waals surface area contributed by atoms with Crippen molar-refractivity contribution in [2.24, 2.45) is 17.8 Å². The molecule has 13 heteroatoms. The van der Waals surface area contributed by atoms with Gasteiger partial charge in [0.05, 0.1) is 35.7 Å². The molecule has 0 bridgehead atoms. The summed E-state index contributed by atoms with van der Waals surface area (Å²) in [6.45, 7) is 1.76. The molecule has 0 spiro atoms. The third-order valence-corrected chi connectivity index (χ3v) is 5.46. The normalized spacial score (nSPS) is 24.7. The molecule has 34 heavy (non-hydrogen) atoms. The van der Waals surface area contributed by atoms with Gasteiger partial charge in [-0.25, -0.2) is 0 Å². The first kappa shape index (κ1) is 31.4. The maximum absolute atomic E-state index is 10.9. The van der Waals surface area contributed by atoms with Gasteiger partial charge >= 0.3 is 17.4 Å². The van der Waals surface area contributed by atoms with Crippen LogP contribution in [0, 0.1) is 17.8 Å². The van der Waals surface area contributed by atoms with Gasteiger partial charge in [-0.3, -0.25) is 14.4 Å². The molecule has 0 aliphatic carbocycles. The fraction of sp³-hybridized carbons (Fsp3) is 0.714. The van der Waals surface area contributed by atoms with Crippen LogP contribution in [0.5, 0.6) is 0 Å². The maximum Gasteiger partial charge on any atom is 3.00 e. The van der Waals surface area contributed by atoms with Gasteiger partial charge < -0.3 is 45.7 Å². The smallest absolute Gasteiger partial charge is 0.549 e. The third-order valence-electron chi connectivity index (χ3n) is 5.46. The summed E-state index contributed by atoms with van der Waals surface area (Å²) in [4.78, 5) is 63.8. The number of carboxylic acid groups (broad SMARTS) is 3. The second-order valence-electron chi connectivity index (χ2n) is 7.98. The van der Waals surface area contributed by atoms with E-state index in [-0.39, 0.29) is 17.4 Å². The van der Waals surface area contributed by atoms with Crippen LogP contribution in [0.15, 0.2) is 0 Å². The van der Waals surface area contributed by atoms with E-state index in [9.17, 15) is 44.1 Å². The minimum atomic E-state index is -1.26. The van der Waals surface area contributed by atoms with Crippen molar-refractivity contribution in [2.75, 3.05) is 19.6 Å². The Balaban J connectivity index is 0.000000473. The standard InChI is InChI=1S/3C7H11NO3.Al/c3*9-6-5(7(10)11)3-1-2-4-8-6;/h3*5H,1-4H2,(H,8,9)(H,10,11);/q;;;+3/p-3. The number of rotatable bonds is 3. The van der Waals surface area contributed by atoms with Gasteiger partial charge in [0.2, 0.25) is 17.7 Å². The maximum atomic E-state index is 10.9. The van der Waals surface area contributed by atoms with Crippen molar-refractivity contribution in [1.29, 1.82) is 0 Å². The average Bonchev–Trinajstić information content (AvgIpc) is 3.20. The predicted molar refractivity (Wildman–Crippen MR) is 112 cm³/mol. The Morgan fingerprint density at radius 3 is 0.971 bits per heavy atom. The Labute approximate surface area is 208 Å². The van der Waals surface area contributed by atoms with E-state index in [2.05, 4.69) is 16.0 Å². The molecule has 3 heterocycles. The summed E-state index contributed by atoms with van der Waals surface area (Å²) in [6, 6.07) is 0. The van der Waals surface area contributed by atoms with Crippen LogP contribution in [0.4, 0.5) is 0 Å². The SMILES string of the molecule is O=C([O-])C1CCCCNC1=O.O=C([O-])C1CCCCNC1=O.O=C([O-])C1CCCCNC1=O.[Al+3]. The van der Waals surface area contributed by atoms with E-state index in [4.69, 9.17) is 0 Å². The Bertz CT molecular complexity index is 637. The van der Waals surface area contributed by atoms with Crippen molar-refractivity contribution in [3.05, 3.63) is 0 Å². The van der Waals surface area contributed by atoms with Crippen LogP contribution in [0.2, 0.25) is 0 Å². The Kier molecular flexibility index (Phi) is 15.6. The summed E-state index contributed by atoms with van der Waals surface area (Å²) in [7, 11) is 0. The average molecular weight is 495 g/mol. The minimum Gasteiger partial charge on any atom is -0.549 e. The molecule has 3 saturated heterocycles. The Morgan fingerprint density at radius 2 is 0.765 bits per heavy atom. The van der Waals surface area contributed by atoms with Gasteiger partial charge in [-0.15, -0.1) is 0 Å². The summed E-state index contributed by atoms with van der Waals surface area (Å²) in [5.41, 5.74) is 0. The predicted octanol–water partition coefficient (Wildman–Crippen LogP) is -4.42.